The van der Waals surface area contributed by atoms with Gasteiger partial charge in [0.15, 0.2) is 0 Å². The van der Waals surface area contributed by atoms with Crippen LogP contribution in [0.15, 0.2) is 24.3 Å². The molecule has 0 saturated carbocycles. The Balaban J connectivity index is 2.11. The number of rotatable bonds is 9. The number of aromatic nitrogens is 2. The fraction of sp³-hybridized carbons (Fsp3) is 0.500. The maximum Gasteiger partial charge on any atom is 0.310 e. The molecular weight excluding hydrogens is 350 g/mol. The van der Waals surface area contributed by atoms with Crippen LogP contribution in [0, 0.1) is 19.3 Å². The van der Waals surface area contributed by atoms with Gasteiger partial charge in [-0.1, -0.05) is 43.6 Å². The minimum Gasteiger partial charge on any atom is -0.481 e. The van der Waals surface area contributed by atoms with Gasteiger partial charge in [0.25, 0.3) is 0 Å². The van der Waals surface area contributed by atoms with Crippen molar-refractivity contribution in [1.82, 2.24) is 15.1 Å². The van der Waals surface area contributed by atoms with Crippen molar-refractivity contribution in [1.29, 1.82) is 0 Å². The second kappa shape index (κ2) is 8.69. The van der Waals surface area contributed by atoms with E-state index >= 15 is 0 Å². The summed E-state index contributed by atoms with van der Waals surface area (Å²) < 4.78 is 1.96. The van der Waals surface area contributed by atoms with E-state index in [-0.39, 0.29) is 0 Å². The van der Waals surface area contributed by atoms with Crippen LogP contribution in [0.5, 0.6) is 0 Å². The molecule has 0 bridgehead atoms. The molecule has 1 aromatic heterocycles. The molecule has 2 rings (SSSR count). The zero-order valence-electron chi connectivity index (χ0n) is 16.0. The van der Waals surface area contributed by atoms with E-state index in [4.69, 9.17) is 11.6 Å². The highest BCUT2D eigenvalue weighted by molar-refractivity contribution is 6.31. The van der Waals surface area contributed by atoms with Gasteiger partial charge in [-0.05, 0) is 38.3 Å². The monoisotopic (exact) mass is 377 g/mol. The number of aryl methyl sites for hydroxylation is 1. The van der Waals surface area contributed by atoms with Crippen LogP contribution in [0.3, 0.4) is 0 Å². The molecule has 6 heteroatoms. The molecule has 0 unspecified atom stereocenters. The molecule has 5 nitrogen and oxygen atoms in total. The summed E-state index contributed by atoms with van der Waals surface area (Å²) in [6, 6.07) is 7.77. The molecule has 2 N–H and O–H groups in total. The number of carbonyl (C=O) groups is 1. The van der Waals surface area contributed by atoms with Crippen LogP contribution in [0.25, 0.3) is 0 Å². The van der Waals surface area contributed by atoms with E-state index in [1.54, 1.807) is 0 Å². The normalized spacial score (nSPS) is 11.7. The zero-order valence-corrected chi connectivity index (χ0v) is 16.7. The Bertz CT molecular complexity index is 766. The van der Waals surface area contributed by atoms with Crippen LogP contribution in [-0.2, 0) is 17.9 Å². The molecule has 0 radical (unpaired) electrons. The minimum atomic E-state index is -0.738. The van der Waals surface area contributed by atoms with Gasteiger partial charge >= 0.3 is 5.97 Å². The minimum absolute atomic E-state index is 0.448. The maximum atomic E-state index is 11.6. The van der Waals surface area contributed by atoms with Gasteiger partial charge in [0.2, 0.25) is 0 Å². The van der Waals surface area contributed by atoms with Crippen molar-refractivity contribution in [2.75, 3.05) is 6.54 Å². The number of carboxylic acids is 1. The van der Waals surface area contributed by atoms with Gasteiger partial charge in [0.1, 0.15) is 0 Å². The first kappa shape index (κ1) is 20.5. The Hall–Kier alpha value is -1.85. The molecule has 0 aliphatic heterocycles. The fourth-order valence-corrected chi connectivity index (χ4v) is 3.43. The average molecular weight is 378 g/mol. The van der Waals surface area contributed by atoms with Crippen molar-refractivity contribution in [2.24, 2.45) is 5.41 Å². The van der Waals surface area contributed by atoms with Gasteiger partial charge in [-0.2, -0.15) is 5.10 Å². The Labute approximate surface area is 160 Å². The van der Waals surface area contributed by atoms with E-state index in [1.165, 1.54) is 0 Å². The summed E-state index contributed by atoms with van der Waals surface area (Å²) in [7, 11) is 0. The van der Waals surface area contributed by atoms with Gasteiger partial charge in [-0.3, -0.25) is 9.48 Å². The number of benzene rings is 1. The first-order valence-electron chi connectivity index (χ1n) is 9.05. The summed E-state index contributed by atoms with van der Waals surface area (Å²) in [6.07, 6.45) is 1.21. The van der Waals surface area contributed by atoms with Crippen LogP contribution < -0.4 is 5.32 Å². The lowest BCUT2D eigenvalue weighted by molar-refractivity contribution is -0.149. The highest BCUT2D eigenvalue weighted by Gasteiger charge is 2.34. The molecule has 0 atom stereocenters. The van der Waals surface area contributed by atoms with Crippen LogP contribution in [-0.4, -0.2) is 27.4 Å². The van der Waals surface area contributed by atoms with E-state index in [0.717, 1.165) is 27.5 Å². The zero-order chi connectivity index (χ0) is 19.3. The quantitative estimate of drug-likeness (QED) is 0.687. The van der Waals surface area contributed by atoms with Gasteiger partial charge in [0.05, 0.1) is 17.7 Å². The van der Waals surface area contributed by atoms with Crippen molar-refractivity contribution < 1.29 is 9.90 Å². The standard InChI is InChI=1S/C20H28ClN3O2/c1-5-20(6-2,19(25)26)13-22-11-17-14(3)23-24(15(17)4)12-16-9-7-8-10-18(16)21/h7-10,22H,5-6,11-13H2,1-4H3,(H,25,26). The summed E-state index contributed by atoms with van der Waals surface area (Å²) in [5.41, 5.74) is 3.46. The summed E-state index contributed by atoms with van der Waals surface area (Å²) in [5.74, 6) is -0.738. The lowest BCUT2D eigenvalue weighted by atomic mass is 9.82. The lowest BCUT2D eigenvalue weighted by Crippen LogP contribution is -2.40. The second-order valence-corrected chi connectivity index (χ2v) is 7.20. The number of carboxylic acid groups (broad SMARTS) is 1. The number of hydrogen-bond acceptors (Lipinski definition) is 3. The van der Waals surface area contributed by atoms with Crippen molar-refractivity contribution >= 4 is 17.6 Å². The molecule has 0 aliphatic carbocycles. The largest absolute Gasteiger partial charge is 0.481 e. The lowest BCUT2D eigenvalue weighted by Gasteiger charge is -2.27. The molecule has 142 valence electrons. The molecule has 0 spiro atoms. The van der Waals surface area contributed by atoms with Crippen molar-refractivity contribution in [3.05, 3.63) is 51.8 Å². The summed E-state index contributed by atoms with van der Waals surface area (Å²) in [5, 5.41) is 18.3. The third-order valence-electron chi connectivity index (χ3n) is 5.38. The Morgan fingerprint density at radius 2 is 1.92 bits per heavy atom. The van der Waals surface area contributed by atoms with E-state index < -0.39 is 11.4 Å². The maximum absolute atomic E-state index is 11.6. The number of halogens is 1. The topological polar surface area (TPSA) is 67.2 Å². The van der Waals surface area contributed by atoms with Gasteiger partial charge in [-0.15, -0.1) is 0 Å². The highest BCUT2D eigenvalue weighted by atomic mass is 35.5. The number of aliphatic carboxylic acids is 1. The number of hydrogen-bond donors (Lipinski definition) is 2. The summed E-state index contributed by atoms with van der Waals surface area (Å²) in [6.45, 7) is 9.55. The molecule has 1 heterocycles. The number of nitrogens with zero attached hydrogens (tertiary/aromatic N) is 2. The Morgan fingerprint density at radius 3 is 2.50 bits per heavy atom. The highest BCUT2D eigenvalue weighted by Crippen LogP contribution is 2.26. The summed E-state index contributed by atoms with van der Waals surface area (Å²) in [4.78, 5) is 11.6. The van der Waals surface area contributed by atoms with E-state index in [0.29, 0.717) is 32.5 Å². The van der Waals surface area contributed by atoms with Crippen molar-refractivity contribution in [3.8, 4) is 0 Å². The molecule has 0 aliphatic rings. The van der Waals surface area contributed by atoms with Gasteiger partial charge < -0.3 is 10.4 Å². The molecule has 26 heavy (non-hydrogen) atoms. The molecule has 0 saturated heterocycles. The molecule has 0 amide bonds. The van der Waals surface area contributed by atoms with Gasteiger partial charge in [-0.25, -0.2) is 0 Å². The third-order valence-corrected chi connectivity index (χ3v) is 5.75. The van der Waals surface area contributed by atoms with Crippen LogP contribution >= 0.6 is 11.6 Å². The van der Waals surface area contributed by atoms with Crippen LogP contribution in [0.2, 0.25) is 5.02 Å². The molecular formula is C20H28ClN3O2. The van der Waals surface area contributed by atoms with Gasteiger partial charge in [0, 0.05) is 29.4 Å². The molecule has 2 aromatic rings. The predicted molar refractivity (Wildman–Crippen MR) is 105 cm³/mol. The van der Waals surface area contributed by atoms with Crippen molar-refractivity contribution in [2.45, 2.75) is 53.6 Å². The number of nitrogens with one attached hydrogen (secondary N) is 1. The predicted octanol–water partition coefficient (Wildman–Crippen LogP) is 4.18. The third kappa shape index (κ3) is 4.27. The Morgan fingerprint density at radius 1 is 1.27 bits per heavy atom. The summed E-state index contributed by atoms with van der Waals surface area (Å²) >= 11 is 6.26. The SMILES string of the molecule is CCC(CC)(CNCc1c(C)nn(Cc2ccccc2Cl)c1C)C(=O)O. The molecule has 1 aromatic carbocycles. The second-order valence-electron chi connectivity index (χ2n) is 6.79. The van der Waals surface area contributed by atoms with E-state index in [2.05, 4.69) is 10.4 Å². The van der Waals surface area contributed by atoms with Crippen molar-refractivity contribution in [3.63, 3.8) is 0 Å². The first-order valence-corrected chi connectivity index (χ1v) is 9.42. The van der Waals surface area contributed by atoms with E-state index in [1.807, 2.05) is 56.6 Å². The molecule has 0 fully saturated rings. The first-order chi connectivity index (χ1) is 12.3. The van der Waals surface area contributed by atoms with Crippen LogP contribution in [0.1, 0.15) is 49.2 Å². The smallest absolute Gasteiger partial charge is 0.310 e. The average Bonchev–Trinajstić information content (AvgIpc) is 2.88. The van der Waals surface area contributed by atoms with Crippen LogP contribution in [0.4, 0.5) is 0 Å². The fourth-order valence-electron chi connectivity index (χ4n) is 3.24. The Kier molecular flexibility index (Phi) is 6.84. The van der Waals surface area contributed by atoms with E-state index in [9.17, 15) is 9.90 Å².